The smallest absolute Gasteiger partial charge is 0.303 e. The second-order valence-electron chi connectivity index (χ2n) is 5.06. The van der Waals surface area contributed by atoms with E-state index in [2.05, 4.69) is 71.2 Å². The highest BCUT2D eigenvalue weighted by molar-refractivity contribution is 14.1. The molecule has 0 saturated carbocycles. The van der Waals surface area contributed by atoms with Gasteiger partial charge in [0.15, 0.2) is 0 Å². The predicted octanol–water partition coefficient (Wildman–Crippen LogP) is 6.24. The molecule has 22 heavy (non-hydrogen) atoms. The van der Waals surface area contributed by atoms with Crippen LogP contribution >= 0.6 is 22.6 Å². The Kier molecular flexibility index (Phi) is 17.5. The summed E-state index contributed by atoms with van der Waals surface area (Å²) in [6.07, 6.45) is 26.0. The molecule has 1 N–H and O–H groups in total. The number of carboxylic acids is 1. The first kappa shape index (κ1) is 21.2. The molecule has 0 heterocycles. The van der Waals surface area contributed by atoms with Crippen molar-refractivity contribution in [3.05, 3.63) is 48.6 Å². The maximum Gasteiger partial charge on any atom is 0.303 e. The summed E-state index contributed by atoms with van der Waals surface area (Å²) in [5.41, 5.74) is 0. The summed E-state index contributed by atoms with van der Waals surface area (Å²) in [5.74, 6) is -0.712. The van der Waals surface area contributed by atoms with E-state index in [9.17, 15) is 4.79 Å². The third-order valence-electron chi connectivity index (χ3n) is 3.00. The minimum absolute atomic E-state index is 0.262. The van der Waals surface area contributed by atoms with Gasteiger partial charge in [0.25, 0.3) is 0 Å². The van der Waals surface area contributed by atoms with Crippen molar-refractivity contribution >= 4 is 28.6 Å². The lowest BCUT2D eigenvalue weighted by molar-refractivity contribution is -0.137. The monoisotopic (exact) mass is 416 g/mol. The zero-order chi connectivity index (χ0) is 16.3. The van der Waals surface area contributed by atoms with Crippen molar-refractivity contribution in [2.45, 2.75) is 57.8 Å². The van der Waals surface area contributed by atoms with Gasteiger partial charge in [0.1, 0.15) is 0 Å². The van der Waals surface area contributed by atoms with Crippen LogP contribution in [-0.4, -0.2) is 15.5 Å². The summed E-state index contributed by atoms with van der Waals surface area (Å²) in [4.78, 5) is 10.3. The van der Waals surface area contributed by atoms with Gasteiger partial charge in [-0.1, -0.05) is 71.2 Å². The standard InChI is InChI=1S/C19H29IO2/c20-18-16-14-12-10-8-6-4-2-1-3-5-7-9-11-13-15-17-19(21)22/h2-5,8-11H,1,6-7,12-18H2,(H,21,22)/b4-2-,5-3-,10-8-,11-9-. The van der Waals surface area contributed by atoms with Crippen LogP contribution in [0.15, 0.2) is 48.6 Å². The van der Waals surface area contributed by atoms with Crippen LogP contribution in [0.3, 0.4) is 0 Å². The number of carboxylic acid groups (broad SMARTS) is 1. The topological polar surface area (TPSA) is 37.3 Å². The van der Waals surface area contributed by atoms with Crippen molar-refractivity contribution in [2.24, 2.45) is 0 Å². The zero-order valence-corrected chi connectivity index (χ0v) is 15.6. The third kappa shape index (κ3) is 19.2. The van der Waals surface area contributed by atoms with Gasteiger partial charge in [0.2, 0.25) is 0 Å². The lowest BCUT2D eigenvalue weighted by atomic mass is 10.2. The average Bonchev–Trinajstić information content (AvgIpc) is 2.50. The minimum atomic E-state index is -0.712. The fourth-order valence-electron chi connectivity index (χ4n) is 1.78. The lowest BCUT2D eigenvalue weighted by Crippen LogP contribution is -1.92. The number of carbonyl (C=O) groups is 1. The van der Waals surface area contributed by atoms with Crippen LogP contribution in [0.1, 0.15) is 57.8 Å². The van der Waals surface area contributed by atoms with Crippen molar-refractivity contribution in [1.82, 2.24) is 0 Å². The third-order valence-corrected chi connectivity index (χ3v) is 3.76. The molecule has 0 fully saturated rings. The molecule has 0 aliphatic carbocycles. The van der Waals surface area contributed by atoms with Gasteiger partial charge in [0.05, 0.1) is 0 Å². The number of halogens is 1. The Bertz CT molecular complexity index is 368. The molecule has 0 spiro atoms. The van der Waals surface area contributed by atoms with Gasteiger partial charge in [-0.3, -0.25) is 4.79 Å². The number of hydrogen-bond acceptors (Lipinski definition) is 1. The molecular weight excluding hydrogens is 387 g/mol. The van der Waals surface area contributed by atoms with Gasteiger partial charge in [-0.25, -0.2) is 0 Å². The maximum atomic E-state index is 10.3. The Hall–Kier alpha value is -0.840. The predicted molar refractivity (Wildman–Crippen MR) is 105 cm³/mol. The van der Waals surface area contributed by atoms with Crippen molar-refractivity contribution in [3.63, 3.8) is 0 Å². The number of allylic oxidation sites excluding steroid dienone is 8. The molecule has 124 valence electrons. The van der Waals surface area contributed by atoms with Gasteiger partial charge in [-0.05, 0) is 55.8 Å². The van der Waals surface area contributed by atoms with Crippen LogP contribution in [0.4, 0.5) is 0 Å². The molecule has 0 rings (SSSR count). The molecule has 0 aromatic carbocycles. The zero-order valence-electron chi connectivity index (χ0n) is 13.4. The van der Waals surface area contributed by atoms with Crippen molar-refractivity contribution in [2.75, 3.05) is 4.43 Å². The molecule has 0 radical (unpaired) electrons. The molecule has 0 aliphatic heterocycles. The van der Waals surface area contributed by atoms with E-state index in [0.29, 0.717) is 0 Å². The molecule has 0 aliphatic rings. The molecule has 0 aromatic heterocycles. The summed E-state index contributed by atoms with van der Waals surface area (Å²) in [5, 5.41) is 8.49. The van der Waals surface area contributed by atoms with Gasteiger partial charge < -0.3 is 5.11 Å². The minimum Gasteiger partial charge on any atom is -0.481 e. The Morgan fingerprint density at radius 3 is 1.64 bits per heavy atom. The van der Waals surface area contributed by atoms with Crippen LogP contribution in [0.5, 0.6) is 0 Å². The normalized spacial score (nSPS) is 12.4. The van der Waals surface area contributed by atoms with Crippen LogP contribution < -0.4 is 0 Å². The molecule has 0 saturated heterocycles. The first-order valence-electron chi connectivity index (χ1n) is 8.15. The van der Waals surface area contributed by atoms with Crippen LogP contribution in [-0.2, 0) is 4.79 Å². The molecular formula is C19H29IO2. The fraction of sp³-hybridized carbons (Fsp3) is 0.526. The van der Waals surface area contributed by atoms with E-state index in [1.165, 1.54) is 23.7 Å². The Balaban J connectivity index is 3.40. The largest absolute Gasteiger partial charge is 0.481 e. The SMILES string of the molecule is O=C(O)CCC/C=C\C/C=C\C/C=C\C/C=C\CCCCI. The second kappa shape index (κ2) is 18.2. The lowest BCUT2D eigenvalue weighted by Gasteiger charge is -1.90. The number of alkyl halides is 1. The molecule has 0 amide bonds. The molecule has 2 nitrogen and oxygen atoms in total. The molecule has 0 aromatic rings. The van der Waals surface area contributed by atoms with Crippen LogP contribution in [0.2, 0.25) is 0 Å². The van der Waals surface area contributed by atoms with E-state index >= 15 is 0 Å². The number of hydrogen-bond donors (Lipinski definition) is 1. The van der Waals surface area contributed by atoms with E-state index in [1.807, 2.05) is 0 Å². The van der Waals surface area contributed by atoms with E-state index < -0.39 is 5.97 Å². The summed E-state index contributed by atoms with van der Waals surface area (Å²) >= 11 is 2.42. The molecule has 0 unspecified atom stereocenters. The second-order valence-corrected chi connectivity index (χ2v) is 6.14. The molecule has 0 bridgehead atoms. The highest BCUT2D eigenvalue weighted by Crippen LogP contribution is 2.01. The van der Waals surface area contributed by atoms with E-state index in [4.69, 9.17) is 5.11 Å². The number of rotatable bonds is 14. The number of unbranched alkanes of at least 4 members (excludes halogenated alkanes) is 3. The Morgan fingerprint density at radius 1 is 0.727 bits per heavy atom. The summed E-state index contributed by atoms with van der Waals surface area (Å²) in [7, 11) is 0. The highest BCUT2D eigenvalue weighted by atomic mass is 127. The first-order chi connectivity index (χ1) is 10.8. The fourth-order valence-corrected chi connectivity index (χ4v) is 2.32. The molecule has 0 atom stereocenters. The van der Waals surface area contributed by atoms with E-state index in [1.54, 1.807) is 0 Å². The van der Waals surface area contributed by atoms with Crippen molar-refractivity contribution in [3.8, 4) is 0 Å². The van der Waals surface area contributed by atoms with Crippen molar-refractivity contribution in [1.29, 1.82) is 0 Å². The first-order valence-corrected chi connectivity index (χ1v) is 9.67. The van der Waals surface area contributed by atoms with E-state index in [-0.39, 0.29) is 6.42 Å². The van der Waals surface area contributed by atoms with Crippen LogP contribution in [0.25, 0.3) is 0 Å². The summed E-state index contributed by atoms with van der Waals surface area (Å²) in [6, 6.07) is 0. The van der Waals surface area contributed by atoms with E-state index in [0.717, 1.165) is 32.1 Å². The van der Waals surface area contributed by atoms with Gasteiger partial charge in [-0.2, -0.15) is 0 Å². The Morgan fingerprint density at radius 2 is 1.18 bits per heavy atom. The quantitative estimate of drug-likeness (QED) is 0.158. The van der Waals surface area contributed by atoms with Gasteiger partial charge in [-0.15, -0.1) is 0 Å². The Labute approximate surface area is 149 Å². The average molecular weight is 416 g/mol. The van der Waals surface area contributed by atoms with Gasteiger partial charge in [0, 0.05) is 6.42 Å². The summed E-state index contributed by atoms with van der Waals surface area (Å²) in [6.45, 7) is 0. The number of aliphatic carboxylic acids is 1. The van der Waals surface area contributed by atoms with Gasteiger partial charge >= 0.3 is 5.97 Å². The highest BCUT2D eigenvalue weighted by Gasteiger charge is 1.92. The molecule has 3 heteroatoms. The van der Waals surface area contributed by atoms with Crippen LogP contribution in [0, 0.1) is 0 Å². The van der Waals surface area contributed by atoms with Crippen molar-refractivity contribution < 1.29 is 9.90 Å². The maximum absolute atomic E-state index is 10.3. The summed E-state index contributed by atoms with van der Waals surface area (Å²) < 4.78 is 1.26.